The molecule has 2 amide bonds. The van der Waals surface area contributed by atoms with Gasteiger partial charge in [-0.05, 0) is 49.2 Å². The van der Waals surface area contributed by atoms with Crippen LogP contribution in [-0.2, 0) is 4.74 Å². The quantitative estimate of drug-likeness (QED) is 0.287. The highest BCUT2D eigenvalue weighted by molar-refractivity contribution is 6.40. The fraction of sp³-hybridized carbons (Fsp3) is 0.154. The third-order valence-corrected chi connectivity index (χ3v) is 5.99. The predicted octanol–water partition coefficient (Wildman–Crippen LogP) is 4.81. The summed E-state index contributed by atoms with van der Waals surface area (Å²) in [5.41, 5.74) is 2.99. The number of amides is 2. The zero-order valence-electron chi connectivity index (χ0n) is 18.7. The van der Waals surface area contributed by atoms with Gasteiger partial charge in [0, 0.05) is 11.6 Å². The number of anilines is 1. The second kappa shape index (κ2) is 9.11. The van der Waals surface area contributed by atoms with Crippen molar-refractivity contribution >= 4 is 40.9 Å². The third-order valence-electron chi connectivity index (χ3n) is 5.69. The minimum Gasteiger partial charge on any atom is -0.496 e. The van der Waals surface area contributed by atoms with Crippen molar-refractivity contribution in [1.29, 1.82) is 0 Å². The molecular formula is C26H20ClNO6. The molecule has 3 aromatic carbocycles. The van der Waals surface area contributed by atoms with Crippen molar-refractivity contribution in [3.63, 3.8) is 0 Å². The average Bonchev–Trinajstić information content (AvgIpc) is 3.09. The first-order valence-corrected chi connectivity index (χ1v) is 10.7. The number of Topliss-reactive ketones (excluding diaryl/α,β-unsaturated/α-hetero) is 1. The van der Waals surface area contributed by atoms with Crippen LogP contribution in [0.4, 0.5) is 5.69 Å². The number of hydrogen-bond donors (Lipinski definition) is 0. The van der Waals surface area contributed by atoms with E-state index in [1.54, 1.807) is 36.4 Å². The van der Waals surface area contributed by atoms with Gasteiger partial charge in [0.05, 0.1) is 28.9 Å². The highest BCUT2D eigenvalue weighted by Gasteiger charge is 2.38. The van der Waals surface area contributed by atoms with Crippen LogP contribution < -0.4 is 9.64 Å². The molecule has 7 nitrogen and oxygen atoms in total. The van der Waals surface area contributed by atoms with Crippen molar-refractivity contribution in [2.45, 2.75) is 13.8 Å². The summed E-state index contributed by atoms with van der Waals surface area (Å²) in [4.78, 5) is 51.7. The Balaban J connectivity index is 1.57. The molecule has 0 radical (unpaired) electrons. The third kappa shape index (κ3) is 4.06. The summed E-state index contributed by atoms with van der Waals surface area (Å²) in [6.07, 6.45) is 0. The molecule has 34 heavy (non-hydrogen) atoms. The zero-order valence-corrected chi connectivity index (χ0v) is 19.4. The molecule has 1 aliphatic heterocycles. The summed E-state index contributed by atoms with van der Waals surface area (Å²) < 4.78 is 10.5. The van der Waals surface area contributed by atoms with Crippen molar-refractivity contribution in [3.05, 3.63) is 93.0 Å². The van der Waals surface area contributed by atoms with E-state index in [1.165, 1.54) is 19.2 Å². The summed E-state index contributed by atoms with van der Waals surface area (Å²) in [6, 6.07) is 14.2. The maximum absolute atomic E-state index is 12.8. The molecule has 8 heteroatoms. The van der Waals surface area contributed by atoms with Crippen LogP contribution in [0.5, 0.6) is 5.75 Å². The van der Waals surface area contributed by atoms with Crippen LogP contribution in [-0.4, -0.2) is 37.3 Å². The molecule has 0 bridgehead atoms. The first-order chi connectivity index (χ1) is 16.2. The fourth-order valence-electron chi connectivity index (χ4n) is 3.66. The number of nitrogens with zero attached hydrogens (tertiary/aromatic N) is 1. The number of ether oxygens (including phenoxy) is 2. The topological polar surface area (TPSA) is 90.0 Å². The highest BCUT2D eigenvalue weighted by atomic mass is 35.5. The molecule has 0 fully saturated rings. The molecule has 0 aliphatic carbocycles. The van der Waals surface area contributed by atoms with Crippen LogP contribution in [0.25, 0.3) is 0 Å². The van der Waals surface area contributed by atoms with Gasteiger partial charge in [-0.1, -0.05) is 35.9 Å². The molecule has 4 rings (SSSR count). The monoisotopic (exact) mass is 477 g/mol. The van der Waals surface area contributed by atoms with Gasteiger partial charge in [-0.2, -0.15) is 0 Å². The molecule has 172 valence electrons. The number of fused-ring (bicyclic) bond motifs is 1. The second-order valence-corrected chi connectivity index (χ2v) is 8.20. The Kier molecular flexibility index (Phi) is 6.22. The SMILES string of the molecule is COc1cc(N2C(=O)c3ccccc3C2=O)c(Cl)cc1C(=O)OCC(=O)c1ccc(C)c(C)c1. The molecule has 0 saturated heterocycles. The standard InChI is InChI=1S/C26H20ClNO6/c1-14-8-9-16(10-15(14)2)22(29)13-34-26(32)19-11-20(27)21(12-23(19)33-3)28-24(30)17-6-4-5-7-18(17)25(28)31/h4-12H,13H2,1-3H3. The number of rotatable bonds is 6. The number of carbonyl (C=O) groups excluding carboxylic acids is 4. The normalized spacial score (nSPS) is 12.5. The highest BCUT2D eigenvalue weighted by Crippen LogP contribution is 2.38. The molecule has 0 saturated carbocycles. The molecule has 1 aliphatic rings. The first kappa shape index (κ1) is 23.2. The molecule has 0 N–H and O–H groups in total. The molecule has 0 spiro atoms. The van der Waals surface area contributed by atoms with Gasteiger partial charge < -0.3 is 9.47 Å². The number of ketones is 1. The molecule has 0 aromatic heterocycles. The lowest BCUT2D eigenvalue weighted by atomic mass is 10.0. The summed E-state index contributed by atoms with van der Waals surface area (Å²) in [5, 5.41) is -0.0252. The Morgan fingerprint density at radius 2 is 1.56 bits per heavy atom. The van der Waals surface area contributed by atoms with E-state index in [4.69, 9.17) is 21.1 Å². The Hall–Kier alpha value is -3.97. The summed E-state index contributed by atoms with van der Waals surface area (Å²) in [6.45, 7) is 3.36. The number of halogens is 1. The van der Waals surface area contributed by atoms with Gasteiger partial charge in [0.1, 0.15) is 11.3 Å². The number of aryl methyl sites for hydroxylation is 2. The van der Waals surface area contributed by atoms with Crippen LogP contribution in [0, 0.1) is 13.8 Å². The largest absolute Gasteiger partial charge is 0.496 e. The first-order valence-electron chi connectivity index (χ1n) is 10.4. The molecule has 1 heterocycles. The van der Waals surface area contributed by atoms with Crippen LogP contribution in [0.15, 0.2) is 54.6 Å². The maximum atomic E-state index is 12.8. The lowest BCUT2D eigenvalue weighted by Crippen LogP contribution is -2.29. The number of carbonyl (C=O) groups is 4. The lowest BCUT2D eigenvalue weighted by Gasteiger charge is -2.18. The fourth-order valence-corrected chi connectivity index (χ4v) is 3.91. The van der Waals surface area contributed by atoms with Gasteiger partial charge in [-0.15, -0.1) is 0 Å². The van der Waals surface area contributed by atoms with Crippen LogP contribution in [0.2, 0.25) is 5.02 Å². The van der Waals surface area contributed by atoms with Gasteiger partial charge in [-0.25, -0.2) is 9.69 Å². The Bertz CT molecular complexity index is 1330. The number of benzene rings is 3. The van der Waals surface area contributed by atoms with Crippen LogP contribution in [0.1, 0.15) is 52.6 Å². The van der Waals surface area contributed by atoms with E-state index in [-0.39, 0.29) is 38.9 Å². The molecular weight excluding hydrogens is 458 g/mol. The molecule has 0 unspecified atom stereocenters. The van der Waals surface area contributed by atoms with E-state index in [1.807, 2.05) is 19.9 Å². The predicted molar refractivity (Wildman–Crippen MR) is 126 cm³/mol. The van der Waals surface area contributed by atoms with Gasteiger partial charge >= 0.3 is 5.97 Å². The Labute approximate surface area is 200 Å². The van der Waals surface area contributed by atoms with E-state index < -0.39 is 24.4 Å². The van der Waals surface area contributed by atoms with Crippen molar-refractivity contribution in [1.82, 2.24) is 0 Å². The van der Waals surface area contributed by atoms with Crippen molar-refractivity contribution < 1.29 is 28.7 Å². The Morgan fingerprint density at radius 1 is 0.912 bits per heavy atom. The number of hydrogen-bond acceptors (Lipinski definition) is 6. The smallest absolute Gasteiger partial charge is 0.342 e. The van der Waals surface area contributed by atoms with Gasteiger partial charge in [0.25, 0.3) is 11.8 Å². The summed E-state index contributed by atoms with van der Waals surface area (Å²) >= 11 is 6.37. The second-order valence-electron chi connectivity index (χ2n) is 7.79. The number of esters is 1. The molecule has 3 aromatic rings. The summed E-state index contributed by atoms with van der Waals surface area (Å²) in [7, 11) is 1.33. The maximum Gasteiger partial charge on any atom is 0.342 e. The van der Waals surface area contributed by atoms with Crippen molar-refractivity contribution in [2.75, 3.05) is 18.6 Å². The van der Waals surface area contributed by atoms with Gasteiger partial charge in [0.2, 0.25) is 0 Å². The zero-order chi connectivity index (χ0) is 24.6. The van der Waals surface area contributed by atoms with Crippen LogP contribution in [0.3, 0.4) is 0 Å². The van der Waals surface area contributed by atoms with E-state index in [0.29, 0.717) is 5.56 Å². The van der Waals surface area contributed by atoms with E-state index in [0.717, 1.165) is 16.0 Å². The van der Waals surface area contributed by atoms with E-state index >= 15 is 0 Å². The lowest BCUT2D eigenvalue weighted by molar-refractivity contribution is 0.0471. The van der Waals surface area contributed by atoms with Gasteiger partial charge in [-0.3, -0.25) is 14.4 Å². The minimum atomic E-state index is -0.829. The van der Waals surface area contributed by atoms with E-state index in [2.05, 4.69) is 0 Å². The van der Waals surface area contributed by atoms with Crippen molar-refractivity contribution in [2.24, 2.45) is 0 Å². The van der Waals surface area contributed by atoms with Gasteiger partial charge in [0.15, 0.2) is 12.4 Å². The van der Waals surface area contributed by atoms with Crippen LogP contribution >= 0.6 is 11.6 Å². The summed E-state index contributed by atoms with van der Waals surface area (Å²) in [5.74, 6) is -2.20. The van der Waals surface area contributed by atoms with Crippen molar-refractivity contribution in [3.8, 4) is 5.75 Å². The number of imide groups is 1. The Morgan fingerprint density at radius 3 is 2.15 bits per heavy atom. The molecule has 0 atom stereocenters. The minimum absolute atomic E-state index is 0.0252. The average molecular weight is 478 g/mol. The number of methoxy groups -OCH3 is 1. The van der Waals surface area contributed by atoms with E-state index in [9.17, 15) is 19.2 Å².